The van der Waals surface area contributed by atoms with E-state index in [-0.39, 0.29) is 6.10 Å². The van der Waals surface area contributed by atoms with Crippen LogP contribution in [0.25, 0.3) is 0 Å². The van der Waals surface area contributed by atoms with Crippen LogP contribution in [0.3, 0.4) is 0 Å². The number of methoxy groups -OCH3 is 2. The molecule has 0 heterocycles. The Labute approximate surface area is 105 Å². The van der Waals surface area contributed by atoms with Gasteiger partial charge >= 0.3 is 0 Å². The molecule has 1 atom stereocenters. The Morgan fingerprint density at radius 1 is 1.38 bits per heavy atom. The Morgan fingerprint density at radius 2 is 2.12 bits per heavy atom. The molecule has 4 heteroatoms. The van der Waals surface area contributed by atoms with E-state index in [1.165, 1.54) is 5.56 Å². The van der Waals surface area contributed by atoms with Crippen molar-refractivity contribution in [3.8, 4) is 5.75 Å². The van der Waals surface area contributed by atoms with E-state index < -0.39 is 0 Å². The molecule has 0 spiro atoms. The van der Waals surface area contributed by atoms with E-state index in [1.807, 2.05) is 25.1 Å². The summed E-state index contributed by atoms with van der Waals surface area (Å²) >= 11 is 3.52. The van der Waals surface area contributed by atoms with Crippen molar-refractivity contribution in [2.75, 3.05) is 20.8 Å². The van der Waals surface area contributed by atoms with Crippen LogP contribution in [0.1, 0.15) is 12.5 Å². The summed E-state index contributed by atoms with van der Waals surface area (Å²) in [6.45, 7) is 3.67. The minimum Gasteiger partial charge on any atom is -0.497 e. The van der Waals surface area contributed by atoms with Gasteiger partial charge in [-0.25, -0.2) is 0 Å². The predicted octanol–water partition coefficient (Wildman–Crippen LogP) is 2.58. The van der Waals surface area contributed by atoms with Crippen LogP contribution in [-0.4, -0.2) is 26.9 Å². The molecule has 0 aliphatic rings. The number of hydrogen-bond donors (Lipinski definition) is 1. The first-order chi connectivity index (χ1) is 7.67. The van der Waals surface area contributed by atoms with Gasteiger partial charge in [-0.05, 0) is 30.7 Å². The molecule has 0 radical (unpaired) electrons. The van der Waals surface area contributed by atoms with E-state index in [0.29, 0.717) is 0 Å². The molecular weight excluding hydrogens is 270 g/mol. The van der Waals surface area contributed by atoms with Gasteiger partial charge in [-0.3, -0.25) is 0 Å². The Bertz CT molecular complexity index is 331. The molecule has 0 aliphatic heterocycles. The molecule has 0 aromatic heterocycles. The lowest BCUT2D eigenvalue weighted by Gasteiger charge is -2.12. The Kier molecular flexibility index (Phi) is 5.80. The molecule has 0 amide bonds. The monoisotopic (exact) mass is 287 g/mol. The van der Waals surface area contributed by atoms with Crippen molar-refractivity contribution in [2.24, 2.45) is 0 Å². The molecule has 1 N–H and O–H groups in total. The van der Waals surface area contributed by atoms with Crippen molar-refractivity contribution in [1.29, 1.82) is 0 Å². The minimum atomic E-state index is 0.226. The third kappa shape index (κ3) is 4.12. The fraction of sp³-hybridized carbons (Fsp3) is 0.500. The molecule has 0 aliphatic carbocycles. The zero-order chi connectivity index (χ0) is 12.0. The summed E-state index contributed by atoms with van der Waals surface area (Å²) < 4.78 is 11.4. The minimum absolute atomic E-state index is 0.226. The highest BCUT2D eigenvalue weighted by atomic mass is 79.9. The van der Waals surface area contributed by atoms with Crippen LogP contribution >= 0.6 is 15.9 Å². The topological polar surface area (TPSA) is 30.5 Å². The standard InChI is InChI=1S/C12H18BrNO2/c1-9(15-2)7-14-8-10-6-11(16-3)4-5-12(10)13/h4-6,9,14H,7-8H2,1-3H3. The first-order valence-electron chi connectivity index (χ1n) is 5.23. The van der Waals surface area contributed by atoms with Crippen LogP contribution in [0.5, 0.6) is 5.75 Å². The second-order valence-corrected chi connectivity index (χ2v) is 4.49. The molecule has 0 saturated heterocycles. The van der Waals surface area contributed by atoms with Crippen molar-refractivity contribution in [3.05, 3.63) is 28.2 Å². The SMILES string of the molecule is COc1ccc(Br)c(CNCC(C)OC)c1. The van der Waals surface area contributed by atoms with E-state index >= 15 is 0 Å². The number of benzene rings is 1. The number of rotatable bonds is 6. The molecular formula is C12H18BrNO2. The van der Waals surface area contributed by atoms with E-state index in [0.717, 1.165) is 23.3 Å². The van der Waals surface area contributed by atoms with Crippen molar-refractivity contribution >= 4 is 15.9 Å². The maximum atomic E-state index is 5.19. The number of hydrogen-bond acceptors (Lipinski definition) is 3. The van der Waals surface area contributed by atoms with Gasteiger partial charge in [0.1, 0.15) is 5.75 Å². The first-order valence-corrected chi connectivity index (χ1v) is 6.02. The van der Waals surface area contributed by atoms with Gasteiger partial charge in [-0.1, -0.05) is 15.9 Å². The van der Waals surface area contributed by atoms with Crippen molar-refractivity contribution < 1.29 is 9.47 Å². The zero-order valence-corrected chi connectivity index (χ0v) is 11.5. The maximum Gasteiger partial charge on any atom is 0.119 e. The van der Waals surface area contributed by atoms with Crippen molar-refractivity contribution in [3.63, 3.8) is 0 Å². The third-order valence-corrected chi connectivity index (χ3v) is 3.18. The molecule has 16 heavy (non-hydrogen) atoms. The second kappa shape index (κ2) is 6.89. The highest BCUT2D eigenvalue weighted by Gasteiger charge is 2.03. The number of nitrogens with one attached hydrogen (secondary N) is 1. The van der Waals surface area contributed by atoms with Crippen LogP contribution in [-0.2, 0) is 11.3 Å². The smallest absolute Gasteiger partial charge is 0.119 e. The van der Waals surface area contributed by atoms with Crippen LogP contribution in [0.15, 0.2) is 22.7 Å². The quantitative estimate of drug-likeness (QED) is 0.872. The van der Waals surface area contributed by atoms with Gasteiger partial charge in [0.2, 0.25) is 0 Å². The van der Waals surface area contributed by atoms with E-state index in [2.05, 4.69) is 21.2 Å². The van der Waals surface area contributed by atoms with Gasteiger partial charge in [-0.15, -0.1) is 0 Å². The lowest BCUT2D eigenvalue weighted by molar-refractivity contribution is 0.117. The fourth-order valence-corrected chi connectivity index (χ4v) is 1.69. The summed E-state index contributed by atoms with van der Waals surface area (Å²) in [7, 11) is 3.39. The normalized spacial score (nSPS) is 12.5. The van der Waals surface area contributed by atoms with Gasteiger partial charge < -0.3 is 14.8 Å². The molecule has 90 valence electrons. The van der Waals surface area contributed by atoms with E-state index in [4.69, 9.17) is 9.47 Å². The highest BCUT2D eigenvalue weighted by molar-refractivity contribution is 9.10. The molecule has 3 nitrogen and oxygen atoms in total. The largest absolute Gasteiger partial charge is 0.497 e. The van der Waals surface area contributed by atoms with E-state index in [1.54, 1.807) is 14.2 Å². The Morgan fingerprint density at radius 3 is 2.75 bits per heavy atom. The zero-order valence-electron chi connectivity index (χ0n) is 9.92. The average Bonchev–Trinajstić information content (AvgIpc) is 2.31. The number of halogens is 1. The summed E-state index contributed by atoms with van der Waals surface area (Å²) in [5.41, 5.74) is 1.18. The van der Waals surface area contributed by atoms with Crippen LogP contribution < -0.4 is 10.1 Å². The summed E-state index contributed by atoms with van der Waals surface area (Å²) in [4.78, 5) is 0. The van der Waals surface area contributed by atoms with Crippen LogP contribution in [0, 0.1) is 0 Å². The molecule has 0 saturated carbocycles. The fourth-order valence-electron chi connectivity index (χ4n) is 1.31. The first kappa shape index (κ1) is 13.5. The van der Waals surface area contributed by atoms with Crippen molar-refractivity contribution in [1.82, 2.24) is 5.32 Å². The lowest BCUT2D eigenvalue weighted by Crippen LogP contribution is -2.25. The Balaban J connectivity index is 2.52. The Hall–Kier alpha value is -0.580. The molecule has 0 fully saturated rings. The van der Waals surface area contributed by atoms with Crippen molar-refractivity contribution in [2.45, 2.75) is 19.6 Å². The predicted molar refractivity (Wildman–Crippen MR) is 68.9 cm³/mol. The molecule has 1 unspecified atom stereocenters. The molecule has 1 rings (SSSR count). The van der Waals surface area contributed by atoms with Crippen LogP contribution in [0.4, 0.5) is 0 Å². The summed E-state index contributed by atoms with van der Waals surface area (Å²) in [6, 6.07) is 5.95. The summed E-state index contributed by atoms with van der Waals surface area (Å²) in [6.07, 6.45) is 0.226. The van der Waals surface area contributed by atoms with E-state index in [9.17, 15) is 0 Å². The molecule has 1 aromatic carbocycles. The van der Waals surface area contributed by atoms with Gasteiger partial charge in [0.05, 0.1) is 13.2 Å². The van der Waals surface area contributed by atoms with Gasteiger partial charge in [0, 0.05) is 24.7 Å². The highest BCUT2D eigenvalue weighted by Crippen LogP contribution is 2.22. The third-order valence-electron chi connectivity index (χ3n) is 2.40. The van der Waals surface area contributed by atoms with Crippen LogP contribution in [0.2, 0.25) is 0 Å². The van der Waals surface area contributed by atoms with Gasteiger partial charge in [0.25, 0.3) is 0 Å². The lowest BCUT2D eigenvalue weighted by atomic mass is 10.2. The average molecular weight is 288 g/mol. The molecule has 0 bridgehead atoms. The second-order valence-electron chi connectivity index (χ2n) is 3.63. The van der Waals surface area contributed by atoms with Gasteiger partial charge in [0.15, 0.2) is 0 Å². The summed E-state index contributed by atoms with van der Waals surface area (Å²) in [5, 5.41) is 3.33. The molecule has 1 aromatic rings. The number of ether oxygens (including phenoxy) is 2. The maximum absolute atomic E-state index is 5.19. The van der Waals surface area contributed by atoms with Gasteiger partial charge in [-0.2, -0.15) is 0 Å². The summed E-state index contributed by atoms with van der Waals surface area (Å²) in [5.74, 6) is 0.875.